The van der Waals surface area contributed by atoms with E-state index in [0.717, 1.165) is 11.5 Å². The lowest BCUT2D eigenvalue weighted by molar-refractivity contribution is -0.138. The lowest BCUT2D eigenvalue weighted by Gasteiger charge is -2.35. The Labute approximate surface area is 57.6 Å². The quantitative estimate of drug-likeness (QED) is 0.572. The van der Waals surface area contributed by atoms with Crippen LogP contribution in [0.1, 0.15) is 6.42 Å². The van der Waals surface area contributed by atoms with E-state index >= 15 is 0 Å². The van der Waals surface area contributed by atoms with Crippen LogP contribution in [0.2, 0.25) is 0 Å². The maximum absolute atomic E-state index is 10.1. The van der Waals surface area contributed by atoms with Gasteiger partial charge in [-0.2, -0.15) is 11.8 Å². The second-order valence-corrected chi connectivity index (χ2v) is 3.41. The average Bonchev–Trinajstić information content (AvgIpc) is 1.60. The molecule has 1 heterocycles. The monoisotopic (exact) mass is 147 g/mol. The van der Waals surface area contributed by atoms with E-state index in [0.29, 0.717) is 0 Å². The first-order chi connectivity index (χ1) is 4.12. The number of carboxylic acids is 1. The minimum atomic E-state index is -0.794. The lowest BCUT2D eigenvalue weighted by atomic mass is 10.0. The van der Waals surface area contributed by atoms with Crippen LogP contribution in [0.15, 0.2) is 0 Å². The molecule has 1 saturated heterocycles. The highest BCUT2D eigenvalue weighted by Gasteiger charge is 2.35. The van der Waals surface area contributed by atoms with Gasteiger partial charge in [0.1, 0.15) is 0 Å². The van der Waals surface area contributed by atoms with Gasteiger partial charge in [-0.15, -0.1) is 0 Å². The summed E-state index contributed by atoms with van der Waals surface area (Å²) in [7, 11) is 0. The molecular weight excluding hydrogens is 138 g/mol. The zero-order valence-electron chi connectivity index (χ0n) is 4.96. The maximum Gasteiger partial charge on any atom is 0.305 e. The molecular formula is C5H9NO2S. The normalized spacial score (nSPS) is 22.8. The Morgan fingerprint density at radius 1 is 1.78 bits per heavy atom. The first kappa shape index (κ1) is 6.89. The van der Waals surface area contributed by atoms with E-state index in [1.165, 1.54) is 0 Å². The Bertz CT molecular complexity index is 133. The molecule has 0 atom stereocenters. The maximum atomic E-state index is 10.1. The van der Waals surface area contributed by atoms with Crippen molar-refractivity contribution in [1.82, 2.24) is 0 Å². The second kappa shape index (κ2) is 2.19. The molecule has 9 heavy (non-hydrogen) atoms. The van der Waals surface area contributed by atoms with Gasteiger partial charge in [-0.05, 0) is 0 Å². The smallest absolute Gasteiger partial charge is 0.305 e. The summed E-state index contributed by atoms with van der Waals surface area (Å²) in [5.74, 6) is 0.788. The van der Waals surface area contributed by atoms with E-state index in [1.807, 2.05) is 0 Å². The van der Waals surface area contributed by atoms with E-state index in [2.05, 4.69) is 0 Å². The van der Waals surface area contributed by atoms with Crippen molar-refractivity contribution >= 4 is 17.7 Å². The Kier molecular flexibility index (Phi) is 1.68. The highest BCUT2D eigenvalue weighted by molar-refractivity contribution is 8.00. The van der Waals surface area contributed by atoms with E-state index < -0.39 is 11.5 Å². The summed E-state index contributed by atoms with van der Waals surface area (Å²) in [5.41, 5.74) is 5.21. The van der Waals surface area contributed by atoms with Gasteiger partial charge in [0.05, 0.1) is 6.42 Å². The van der Waals surface area contributed by atoms with Crippen LogP contribution in [0.4, 0.5) is 0 Å². The van der Waals surface area contributed by atoms with Crippen LogP contribution < -0.4 is 5.73 Å². The van der Waals surface area contributed by atoms with Crippen LogP contribution in [-0.2, 0) is 4.79 Å². The van der Waals surface area contributed by atoms with Crippen molar-refractivity contribution in [3.8, 4) is 0 Å². The molecule has 0 aliphatic carbocycles. The summed E-state index contributed by atoms with van der Waals surface area (Å²) in [6, 6.07) is 0. The Morgan fingerprint density at radius 2 is 2.33 bits per heavy atom. The zero-order chi connectivity index (χ0) is 6.91. The van der Waals surface area contributed by atoms with Crippen LogP contribution in [-0.4, -0.2) is 28.1 Å². The summed E-state index contributed by atoms with van der Waals surface area (Å²) < 4.78 is 0. The van der Waals surface area contributed by atoms with Gasteiger partial charge in [0.15, 0.2) is 0 Å². The van der Waals surface area contributed by atoms with Crippen molar-refractivity contribution in [3.63, 3.8) is 0 Å². The summed E-state index contributed by atoms with van der Waals surface area (Å²) in [6.07, 6.45) is 0.111. The molecule has 1 fully saturated rings. The predicted molar refractivity (Wildman–Crippen MR) is 36.5 cm³/mol. The summed E-state index contributed by atoms with van der Waals surface area (Å²) >= 11 is 1.70. The fourth-order valence-electron chi connectivity index (χ4n) is 0.767. The number of thioether (sulfide) groups is 1. The molecule has 0 amide bonds. The van der Waals surface area contributed by atoms with Crippen LogP contribution >= 0.6 is 11.8 Å². The van der Waals surface area contributed by atoms with Crippen molar-refractivity contribution < 1.29 is 9.90 Å². The lowest BCUT2D eigenvalue weighted by Crippen LogP contribution is -2.53. The summed E-state index contributed by atoms with van der Waals surface area (Å²) in [5, 5.41) is 8.32. The van der Waals surface area contributed by atoms with Crippen LogP contribution in [0.5, 0.6) is 0 Å². The molecule has 52 valence electrons. The fourth-order valence-corrected chi connectivity index (χ4v) is 1.70. The van der Waals surface area contributed by atoms with Gasteiger partial charge in [0.25, 0.3) is 0 Å². The van der Waals surface area contributed by atoms with Gasteiger partial charge in [-0.25, -0.2) is 0 Å². The number of nitrogens with two attached hydrogens (primary N) is 1. The van der Waals surface area contributed by atoms with Gasteiger partial charge < -0.3 is 10.8 Å². The third-order valence-corrected chi connectivity index (χ3v) is 2.84. The third-order valence-electron chi connectivity index (χ3n) is 1.28. The molecule has 1 aliphatic rings. The molecule has 0 unspecified atom stereocenters. The molecule has 3 nitrogen and oxygen atoms in total. The molecule has 0 aromatic carbocycles. The minimum absolute atomic E-state index is 0.111. The predicted octanol–water partition coefficient (Wildman–Crippen LogP) is -0.0946. The zero-order valence-corrected chi connectivity index (χ0v) is 5.78. The van der Waals surface area contributed by atoms with Crippen LogP contribution in [0.3, 0.4) is 0 Å². The van der Waals surface area contributed by atoms with Crippen molar-refractivity contribution in [1.29, 1.82) is 0 Å². The van der Waals surface area contributed by atoms with Gasteiger partial charge in [0, 0.05) is 17.0 Å². The molecule has 3 N–H and O–H groups in total. The van der Waals surface area contributed by atoms with Gasteiger partial charge in [-0.3, -0.25) is 4.79 Å². The highest BCUT2D eigenvalue weighted by atomic mass is 32.2. The molecule has 4 heteroatoms. The van der Waals surface area contributed by atoms with Gasteiger partial charge >= 0.3 is 5.97 Å². The molecule has 0 spiro atoms. The van der Waals surface area contributed by atoms with E-state index in [-0.39, 0.29) is 6.42 Å². The van der Waals surface area contributed by atoms with Gasteiger partial charge in [-0.1, -0.05) is 0 Å². The molecule has 1 aliphatic heterocycles. The molecule has 0 bridgehead atoms. The number of hydrogen-bond acceptors (Lipinski definition) is 3. The summed E-state index contributed by atoms with van der Waals surface area (Å²) in [6.45, 7) is 0. The van der Waals surface area contributed by atoms with E-state index in [9.17, 15) is 4.79 Å². The van der Waals surface area contributed by atoms with E-state index in [4.69, 9.17) is 10.8 Å². The Balaban J connectivity index is 2.33. The van der Waals surface area contributed by atoms with E-state index in [1.54, 1.807) is 11.8 Å². The Morgan fingerprint density at radius 3 is 2.44 bits per heavy atom. The van der Waals surface area contributed by atoms with Crippen molar-refractivity contribution in [3.05, 3.63) is 0 Å². The largest absolute Gasteiger partial charge is 0.481 e. The molecule has 0 aromatic heterocycles. The number of aliphatic carboxylic acids is 1. The summed E-state index contributed by atoms with van der Waals surface area (Å²) in [4.78, 5) is 10.1. The minimum Gasteiger partial charge on any atom is -0.481 e. The van der Waals surface area contributed by atoms with Crippen LogP contribution in [0, 0.1) is 0 Å². The number of carbonyl (C=O) groups is 1. The van der Waals surface area contributed by atoms with Crippen molar-refractivity contribution in [2.45, 2.75) is 12.0 Å². The average molecular weight is 147 g/mol. The number of rotatable bonds is 2. The first-order valence-corrected chi connectivity index (χ1v) is 3.86. The third kappa shape index (κ3) is 1.59. The molecule has 0 radical (unpaired) electrons. The number of hydrogen-bond donors (Lipinski definition) is 2. The van der Waals surface area contributed by atoms with Gasteiger partial charge in [0.2, 0.25) is 0 Å². The molecule has 0 aromatic rings. The first-order valence-electron chi connectivity index (χ1n) is 2.71. The highest BCUT2D eigenvalue weighted by Crippen LogP contribution is 2.29. The SMILES string of the molecule is NC1(CC(=O)O)CSC1. The Hall–Kier alpha value is -0.220. The van der Waals surface area contributed by atoms with Crippen molar-refractivity contribution in [2.75, 3.05) is 11.5 Å². The molecule has 1 rings (SSSR count). The van der Waals surface area contributed by atoms with Crippen LogP contribution in [0.25, 0.3) is 0 Å². The second-order valence-electron chi connectivity index (χ2n) is 2.43. The van der Waals surface area contributed by atoms with Crippen molar-refractivity contribution in [2.24, 2.45) is 5.73 Å². The topological polar surface area (TPSA) is 63.3 Å². The standard InChI is InChI=1S/C5H9NO2S/c6-5(1-4(7)8)2-9-3-5/h1-3,6H2,(H,7,8). The molecule has 0 saturated carbocycles. The number of carboxylic acid groups (broad SMARTS) is 1. The fraction of sp³-hybridized carbons (Fsp3) is 0.800.